The van der Waals surface area contributed by atoms with E-state index in [1.165, 1.54) is 82.4 Å². The van der Waals surface area contributed by atoms with E-state index < -0.39 is 0 Å². The van der Waals surface area contributed by atoms with Crippen LogP contribution in [-0.4, -0.2) is 6.10 Å². The maximum Gasteiger partial charge on any atom is 0.136 e. The lowest BCUT2D eigenvalue weighted by molar-refractivity contribution is 0.166. The maximum atomic E-state index is 6.97. The van der Waals surface area contributed by atoms with E-state index in [-0.39, 0.29) is 12.0 Å². The van der Waals surface area contributed by atoms with Gasteiger partial charge < -0.3 is 9.15 Å². The molecular weight excluding hydrogens is 681 g/mol. The topological polar surface area (TPSA) is 22.4 Å². The zero-order valence-corrected chi connectivity index (χ0v) is 31.0. The Labute approximate surface area is 325 Å². The van der Waals surface area contributed by atoms with Crippen molar-refractivity contribution >= 4 is 59.8 Å². The second-order valence-corrected chi connectivity index (χ2v) is 15.6. The molecule has 3 aliphatic carbocycles. The van der Waals surface area contributed by atoms with Crippen LogP contribution in [0, 0.1) is 5.92 Å². The number of furan rings is 1. The summed E-state index contributed by atoms with van der Waals surface area (Å²) >= 11 is 0. The van der Waals surface area contributed by atoms with Crippen molar-refractivity contribution in [2.75, 3.05) is 0 Å². The van der Waals surface area contributed by atoms with Crippen LogP contribution in [0.2, 0.25) is 0 Å². The van der Waals surface area contributed by atoms with E-state index in [9.17, 15) is 0 Å². The summed E-state index contributed by atoms with van der Waals surface area (Å²) in [5.41, 5.74) is 13.5. The van der Waals surface area contributed by atoms with E-state index in [2.05, 4.69) is 170 Å². The molecule has 2 unspecified atom stereocenters. The van der Waals surface area contributed by atoms with Gasteiger partial charge in [0.25, 0.3) is 0 Å². The van der Waals surface area contributed by atoms with Crippen LogP contribution in [0.3, 0.4) is 0 Å². The van der Waals surface area contributed by atoms with Crippen molar-refractivity contribution in [1.29, 1.82) is 0 Å². The van der Waals surface area contributed by atoms with Gasteiger partial charge in [0, 0.05) is 16.3 Å². The molecule has 2 heteroatoms. The smallest absolute Gasteiger partial charge is 0.136 e. The van der Waals surface area contributed by atoms with Gasteiger partial charge in [-0.15, -0.1) is 0 Å². The molecule has 0 N–H and O–H groups in total. The summed E-state index contributed by atoms with van der Waals surface area (Å²) in [6.45, 7) is 0. The summed E-state index contributed by atoms with van der Waals surface area (Å²) in [7, 11) is 0. The molecule has 12 rings (SSSR count). The highest BCUT2D eigenvalue weighted by atomic mass is 16.5. The highest BCUT2D eigenvalue weighted by Crippen LogP contribution is 2.52. The summed E-state index contributed by atoms with van der Waals surface area (Å²) in [6.07, 6.45) is 20.3. The molecule has 0 saturated carbocycles. The van der Waals surface area contributed by atoms with Crippen LogP contribution in [0.4, 0.5) is 0 Å². The van der Waals surface area contributed by atoms with E-state index in [1.807, 2.05) is 0 Å². The minimum absolute atomic E-state index is 0.00222. The maximum absolute atomic E-state index is 6.97. The molecule has 56 heavy (non-hydrogen) atoms. The third-order valence-corrected chi connectivity index (χ3v) is 12.5. The van der Waals surface area contributed by atoms with Crippen molar-refractivity contribution in [1.82, 2.24) is 0 Å². The largest absolute Gasteiger partial charge is 0.485 e. The molecule has 7 aromatic carbocycles. The number of rotatable bonds is 4. The van der Waals surface area contributed by atoms with Gasteiger partial charge in [-0.1, -0.05) is 140 Å². The highest BCUT2D eigenvalue weighted by Gasteiger charge is 2.41. The van der Waals surface area contributed by atoms with Gasteiger partial charge >= 0.3 is 0 Å². The van der Waals surface area contributed by atoms with Crippen molar-refractivity contribution in [3.8, 4) is 22.3 Å². The fourth-order valence-electron chi connectivity index (χ4n) is 10.1. The molecule has 0 bridgehead atoms. The van der Waals surface area contributed by atoms with Crippen LogP contribution in [0.1, 0.15) is 31.2 Å². The molecule has 0 fully saturated rings. The predicted octanol–water partition coefficient (Wildman–Crippen LogP) is 14.6. The first kappa shape index (κ1) is 31.7. The highest BCUT2D eigenvalue weighted by molar-refractivity contribution is 6.26. The molecule has 1 aromatic heterocycles. The average molecular weight is 719 g/mol. The Bertz CT molecular complexity index is 3120. The number of ether oxygens (including phenoxy) is 1. The van der Waals surface area contributed by atoms with Crippen molar-refractivity contribution in [2.45, 2.75) is 31.8 Å². The van der Waals surface area contributed by atoms with Gasteiger partial charge in [0.1, 0.15) is 23.0 Å². The first-order valence-electron chi connectivity index (χ1n) is 20.0. The summed E-state index contributed by atoms with van der Waals surface area (Å²) in [4.78, 5) is 0. The molecule has 0 amide bonds. The van der Waals surface area contributed by atoms with E-state index in [0.717, 1.165) is 53.4 Å². The molecule has 8 aromatic rings. The Morgan fingerprint density at radius 2 is 1.27 bits per heavy atom. The van der Waals surface area contributed by atoms with E-state index in [4.69, 9.17) is 9.15 Å². The minimum atomic E-state index is -0.00222. The molecule has 2 heterocycles. The molecule has 2 nitrogen and oxygen atoms in total. The molecule has 266 valence electrons. The summed E-state index contributed by atoms with van der Waals surface area (Å²) in [6, 6.07) is 46.8. The van der Waals surface area contributed by atoms with Gasteiger partial charge in [-0.25, -0.2) is 0 Å². The number of benzene rings is 7. The van der Waals surface area contributed by atoms with E-state index in [1.54, 1.807) is 0 Å². The Kier molecular flexibility index (Phi) is 7.04. The van der Waals surface area contributed by atoms with Crippen LogP contribution in [-0.2, 0) is 4.74 Å². The summed E-state index contributed by atoms with van der Waals surface area (Å²) < 4.78 is 13.6. The number of hydrogen-bond acceptors (Lipinski definition) is 2. The van der Waals surface area contributed by atoms with Crippen LogP contribution in [0.25, 0.3) is 82.1 Å². The first-order chi connectivity index (χ1) is 27.8. The molecule has 0 saturated heterocycles. The van der Waals surface area contributed by atoms with Crippen molar-refractivity contribution < 1.29 is 9.15 Å². The standard InChI is InChI=1S/C54H38O2/c1-2-15-34(16-3-1)54-50(53-39-21-7-6-14-33(39)28-29-47(53)56-54)38-20-12-19-37(30-38)49-40-22-8-10-24-42(40)51(43-25-11-9-23-41(43)49)44-26-13-27-46-52(44)45-31-35-17-4-5-18-36(35)32-48(45)55-46/h1-2,4-5,7-13,15,17-32,47,53H,3,6,14,16H2. The van der Waals surface area contributed by atoms with Gasteiger partial charge in [0.05, 0.1) is 5.92 Å². The quantitative estimate of drug-likeness (QED) is 0.169. The molecule has 0 radical (unpaired) electrons. The van der Waals surface area contributed by atoms with Crippen molar-refractivity contribution in [2.24, 2.45) is 5.92 Å². The van der Waals surface area contributed by atoms with Gasteiger partial charge in [0.15, 0.2) is 0 Å². The van der Waals surface area contributed by atoms with Crippen LogP contribution < -0.4 is 0 Å². The van der Waals surface area contributed by atoms with Crippen molar-refractivity contribution in [3.63, 3.8) is 0 Å². The van der Waals surface area contributed by atoms with E-state index >= 15 is 0 Å². The Morgan fingerprint density at radius 1 is 0.554 bits per heavy atom. The van der Waals surface area contributed by atoms with Gasteiger partial charge in [-0.2, -0.15) is 0 Å². The van der Waals surface area contributed by atoms with Gasteiger partial charge in [-0.3, -0.25) is 0 Å². The molecule has 0 spiro atoms. The van der Waals surface area contributed by atoms with Crippen LogP contribution in [0.15, 0.2) is 197 Å². The third kappa shape index (κ3) is 4.75. The SMILES string of the molecule is C1=CCCC(C2=C(c3cccc(-c4c5ccccc5c(-c5cccc6oc7cc8ccccc8cc7c56)c5ccccc45)c3)C3C4=C(C=CC3O2)CCC=C4)=C1. The Hall–Kier alpha value is -6.64. The summed E-state index contributed by atoms with van der Waals surface area (Å²) in [5.74, 6) is 1.24. The van der Waals surface area contributed by atoms with Gasteiger partial charge in [0.2, 0.25) is 0 Å². The predicted molar refractivity (Wildman–Crippen MR) is 233 cm³/mol. The molecule has 1 aliphatic heterocycles. The van der Waals surface area contributed by atoms with Crippen molar-refractivity contribution in [3.05, 3.63) is 198 Å². The molecule has 2 atom stereocenters. The zero-order valence-electron chi connectivity index (χ0n) is 31.0. The molecule has 4 aliphatic rings. The lowest BCUT2D eigenvalue weighted by Gasteiger charge is -2.28. The average Bonchev–Trinajstić information content (AvgIpc) is 3.84. The minimum Gasteiger partial charge on any atom is -0.485 e. The Morgan fingerprint density at radius 3 is 2.05 bits per heavy atom. The zero-order chi connectivity index (χ0) is 36.7. The fraction of sp³-hybridized carbons (Fsp3) is 0.111. The molecular formula is C54H38O2. The number of allylic oxidation sites excluding steroid dienone is 8. The van der Waals surface area contributed by atoms with Gasteiger partial charge in [-0.05, 0) is 133 Å². The summed E-state index contributed by atoms with van der Waals surface area (Å²) in [5, 5.41) is 9.65. The fourth-order valence-corrected chi connectivity index (χ4v) is 10.1. The lowest BCUT2D eigenvalue weighted by atomic mass is 9.75. The normalized spacial score (nSPS) is 19.0. The van der Waals surface area contributed by atoms with Crippen LogP contribution >= 0.6 is 0 Å². The lowest BCUT2D eigenvalue weighted by Crippen LogP contribution is -2.22. The number of fused-ring (bicyclic) bond motifs is 8. The third-order valence-electron chi connectivity index (χ3n) is 12.5. The monoisotopic (exact) mass is 718 g/mol. The Balaban J connectivity index is 1.10. The number of hydrogen-bond donors (Lipinski definition) is 0. The second-order valence-electron chi connectivity index (χ2n) is 15.6. The second kappa shape index (κ2) is 12.4. The van der Waals surface area contributed by atoms with E-state index in [0.29, 0.717) is 0 Å². The van der Waals surface area contributed by atoms with Crippen LogP contribution in [0.5, 0.6) is 0 Å². The first-order valence-corrected chi connectivity index (χ1v) is 20.0.